The lowest BCUT2D eigenvalue weighted by Crippen LogP contribution is -2.36. The molecule has 0 radical (unpaired) electrons. The number of halogens is 1. The van der Waals surface area contributed by atoms with Crippen LogP contribution < -0.4 is 15.5 Å². The summed E-state index contributed by atoms with van der Waals surface area (Å²) in [6.07, 6.45) is 0. The van der Waals surface area contributed by atoms with Crippen molar-refractivity contribution in [2.24, 2.45) is 0 Å². The molecule has 0 saturated carbocycles. The van der Waals surface area contributed by atoms with Gasteiger partial charge in [0.25, 0.3) is 0 Å². The van der Waals surface area contributed by atoms with Crippen molar-refractivity contribution in [1.29, 1.82) is 0 Å². The van der Waals surface area contributed by atoms with Gasteiger partial charge in [0.15, 0.2) is 0 Å². The third-order valence-corrected chi connectivity index (χ3v) is 4.73. The summed E-state index contributed by atoms with van der Waals surface area (Å²) >= 11 is 5.96. The second-order valence-electron chi connectivity index (χ2n) is 6.59. The lowest BCUT2D eigenvalue weighted by atomic mass is 10.2. The minimum Gasteiger partial charge on any atom is -0.378 e. The average molecular weight is 396 g/mol. The molecule has 0 unspecified atom stereocenters. The van der Waals surface area contributed by atoms with Gasteiger partial charge in [0, 0.05) is 35.6 Å². The van der Waals surface area contributed by atoms with Crippen molar-refractivity contribution in [2.45, 2.75) is 6.92 Å². The van der Waals surface area contributed by atoms with Gasteiger partial charge in [-0.15, -0.1) is 0 Å². The zero-order valence-corrected chi connectivity index (χ0v) is 16.4. The molecule has 6 nitrogen and oxygen atoms in total. The predicted molar refractivity (Wildman–Crippen MR) is 114 cm³/mol. The zero-order valence-electron chi connectivity index (χ0n) is 15.7. The number of hydrogen-bond donors (Lipinski definition) is 2. The third-order valence-electron chi connectivity index (χ3n) is 4.47. The normalized spacial score (nSPS) is 14.0. The summed E-state index contributed by atoms with van der Waals surface area (Å²) in [5.74, 6) is 1.28. The molecular formula is C21H22ClN5O. The van der Waals surface area contributed by atoms with Crippen LogP contribution in [0.1, 0.15) is 5.69 Å². The molecule has 0 aliphatic carbocycles. The van der Waals surface area contributed by atoms with Gasteiger partial charge >= 0.3 is 0 Å². The van der Waals surface area contributed by atoms with E-state index >= 15 is 0 Å². The van der Waals surface area contributed by atoms with E-state index in [0.717, 1.165) is 54.9 Å². The molecular weight excluding hydrogens is 374 g/mol. The first-order chi connectivity index (χ1) is 13.7. The molecule has 1 saturated heterocycles. The molecule has 4 rings (SSSR count). The van der Waals surface area contributed by atoms with Crippen molar-refractivity contribution in [3.8, 4) is 0 Å². The highest BCUT2D eigenvalue weighted by atomic mass is 35.5. The van der Waals surface area contributed by atoms with Crippen LogP contribution in [-0.2, 0) is 4.74 Å². The molecule has 7 heteroatoms. The topological polar surface area (TPSA) is 62.3 Å². The van der Waals surface area contributed by atoms with E-state index in [9.17, 15) is 0 Å². The van der Waals surface area contributed by atoms with E-state index in [1.807, 2.05) is 55.5 Å². The van der Waals surface area contributed by atoms with Gasteiger partial charge in [-0.3, -0.25) is 0 Å². The molecule has 0 atom stereocenters. The Bertz CT molecular complexity index is 942. The first kappa shape index (κ1) is 18.5. The van der Waals surface area contributed by atoms with Crippen LogP contribution in [0.2, 0.25) is 5.02 Å². The van der Waals surface area contributed by atoms with Gasteiger partial charge in [-0.1, -0.05) is 23.7 Å². The largest absolute Gasteiger partial charge is 0.378 e. The van der Waals surface area contributed by atoms with Gasteiger partial charge in [-0.25, -0.2) is 4.98 Å². The van der Waals surface area contributed by atoms with E-state index in [2.05, 4.69) is 31.6 Å². The fourth-order valence-electron chi connectivity index (χ4n) is 3.15. The number of nitrogens with zero attached hydrogens (tertiary/aromatic N) is 3. The summed E-state index contributed by atoms with van der Waals surface area (Å²) in [6.45, 7) is 5.18. The Kier molecular flexibility index (Phi) is 5.60. The predicted octanol–water partition coefficient (Wildman–Crippen LogP) is 4.76. The Labute approximate surface area is 169 Å². The monoisotopic (exact) mass is 395 g/mol. The SMILES string of the molecule is Cc1cc(Nc2ccc(Cl)cc2)nc(Nc2ccccc2N2CCOCC2)n1. The van der Waals surface area contributed by atoms with Crippen molar-refractivity contribution in [3.05, 3.63) is 65.3 Å². The number of benzene rings is 2. The zero-order chi connectivity index (χ0) is 19.3. The van der Waals surface area contributed by atoms with Gasteiger partial charge in [-0.2, -0.15) is 4.98 Å². The van der Waals surface area contributed by atoms with Crippen molar-refractivity contribution >= 4 is 40.4 Å². The van der Waals surface area contributed by atoms with Crippen LogP contribution in [-0.4, -0.2) is 36.3 Å². The quantitative estimate of drug-likeness (QED) is 0.649. The van der Waals surface area contributed by atoms with Crippen molar-refractivity contribution < 1.29 is 4.74 Å². The number of aryl methyl sites for hydroxylation is 1. The molecule has 144 valence electrons. The van der Waals surface area contributed by atoms with Crippen LogP contribution in [0, 0.1) is 6.92 Å². The molecule has 1 aromatic heterocycles. The summed E-state index contributed by atoms with van der Waals surface area (Å²) < 4.78 is 5.47. The van der Waals surface area contributed by atoms with Crippen molar-refractivity contribution in [2.75, 3.05) is 41.8 Å². The highest BCUT2D eigenvalue weighted by Crippen LogP contribution is 2.29. The molecule has 0 amide bonds. The standard InChI is InChI=1S/C21H22ClN5O/c1-15-14-20(24-17-8-6-16(22)7-9-17)26-21(23-15)25-18-4-2-3-5-19(18)27-10-12-28-13-11-27/h2-9,14H,10-13H2,1H3,(H2,23,24,25,26). The number of aromatic nitrogens is 2. The maximum atomic E-state index is 5.96. The number of morpholine rings is 1. The van der Waals surface area contributed by atoms with Crippen LogP contribution in [0.4, 0.5) is 28.8 Å². The van der Waals surface area contributed by atoms with Gasteiger partial charge in [0.05, 0.1) is 24.6 Å². The Balaban J connectivity index is 1.57. The minimum absolute atomic E-state index is 0.553. The van der Waals surface area contributed by atoms with E-state index in [0.29, 0.717) is 11.0 Å². The van der Waals surface area contributed by atoms with Crippen LogP contribution in [0.3, 0.4) is 0 Å². The average Bonchev–Trinajstić information content (AvgIpc) is 2.70. The maximum absolute atomic E-state index is 5.96. The molecule has 0 spiro atoms. The summed E-state index contributed by atoms with van der Waals surface area (Å²) in [5, 5.41) is 7.38. The Morgan fingerprint density at radius 3 is 2.50 bits per heavy atom. The summed E-state index contributed by atoms with van der Waals surface area (Å²) in [4.78, 5) is 11.5. The maximum Gasteiger partial charge on any atom is 0.229 e. The van der Waals surface area contributed by atoms with Gasteiger partial charge < -0.3 is 20.3 Å². The molecule has 0 bridgehead atoms. The number of ether oxygens (including phenoxy) is 1. The lowest BCUT2D eigenvalue weighted by molar-refractivity contribution is 0.123. The van der Waals surface area contributed by atoms with Crippen molar-refractivity contribution in [3.63, 3.8) is 0 Å². The third kappa shape index (κ3) is 4.52. The van der Waals surface area contributed by atoms with Crippen LogP contribution in [0.25, 0.3) is 0 Å². The van der Waals surface area contributed by atoms with E-state index in [1.54, 1.807) is 0 Å². The fourth-order valence-corrected chi connectivity index (χ4v) is 3.28. The highest BCUT2D eigenvalue weighted by Gasteiger charge is 2.15. The number of anilines is 5. The van der Waals surface area contributed by atoms with Crippen molar-refractivity contribution in [1.82, 2.24) is 9.97 Å². The summed E-state index contributed by atoms with van der Waals surface area (Å²) in [5.41, 5.74) is 3.90. The second-order valence-corrected chi connectivity index (χ2v) is 7.03. The van der Waals surface area contributed by atoms with E-state index < -0.39 is 0 Å². The van der Waals surface area contributed by atoms with Gasteiger partial charge in [0.2, 0.25) is 5.95 Å². The number of hydrogen-bond acceptors (Lipinski definition) is 6. The fraction of sp³-hybridized carbons (Fsp3) is 0.238. The molecule has 3 aromatic rings. The Morgan fingerprint density at radius 2 is 1.71 bits per heavy atom. The summed E-state index contributed by atoms with van der Waals surface area (Å²) in [7, 11) is 0. The van der Waals surface area contributed by atoms with Crippen LogP contribution >= 0.6 is 11.6 Å². The highest BCUT2D eigenvalue weighted by molar-refractivity contribution is 6.30. The van der Waals surface area contributed by atoms with Crippen LogP contribution in [0.15, 0.2) is 54.6 Å². The number of para-hydroxylation sites is 2. The molecule has 1 aliphatic rings. The smallest absolute Gasteiger partial charge is 0.229 e. The second kappa shape index (κ2) is 8.46. The van der Waals surface area contributed by atoms with E-state index in [-0.39, 0.29) is 0 Å². The molecule has 1 aliphatic heterocycles. The Morgan fingerprint density at radius 1 is 0.964 bits per heavy atom. The number of rotatable bonds is 5. The van der Waals surface area contributed by atoms with Crippen LogP contribution in [0.5, 0.6) is 0 Å². The Hall–Kier alpha value is -2.83. The lowest BCUT2D eigenvalue weighted by Gasteiger charge is -2.30. The molecule has 1 fully saturated rings. The first-order valence-electron chi connectivity index (χ1n) is 9.24. The van der Waals surface area contributed by atoms with E-state index in [4.69, 9.17) is 16.3 Å². The molecule has 2 heterocycles. The van der Waals surface area contributed by atoms with Gasteiger partial charge in [-0.05, 0) is 43.3 Å². The molecule has 2 aromatic carbocycles. The number of nitrogens with one attached hydrogen (secondary N) is 2. The molecule has 28 heavy (non-hydrogen) atoms. The summed E-state index contributed by atoms with van der Waals surface area (Å²) in [6, 6.07) is 17.6. The van der Waals surface area contributed by atoms with E-state index in [1.165, 1.54) is 0 Å². The van der Waals surface area contributed by atoms with Gasteiger partial charge in [0.1, 0.15) is 5.82 Å². The minimum atomic E-state index is 0.553. The first-order valence-corrected chi connectivity index (χ1v) is 9.62. The molecule has 2 N–H and O–H groups in total.